The number of rotatable bonds is 8. The van der Waals surface area contributed by atoms with E-state index in [2.05, 4.69) is 52.8 Å². The lowest BCUT2D eigenvalue weighted by atomic mass is 9.84. The van der Waals surface area contributed by atoms with Crippen LogP contribution in [0.3, 0.4) is 0 Å². The third-order valence-electron chi connectivity index (χ3n) is 6.43. The van der Waals surface area contributed by atoms with Gasteiger partial charge in [0.15, 0.2) is 0 Å². The van der Waals surface area contributed by atoms with Gasteiger partial charge in [-0.25, -0.2) is 4.98 Å². The number of aromatic nitrogens is 3. The highest BCUT2D eigenvalue weighted by molar-refractivity contribution is 5.69. The molecule has 4 aromatic rings. The fraction of sp³-hybridized carbons (Fsp3) is 0.333. The number of methoxy groups -OCH3 is 2. The van der Waals surface area contributed by atoms with Crippen LogP contribution in [0, 0.1) is 0 Å². The van der Waals surface area contributed by atoms with E-state index in [0.717, 1.165) is 40.4 Å². The van der Waals surface area contributed by atoms with Crippen molar-refractivity contribution in [3.05, 3.63) is 84.8 Å². The van der Waals surface area contributed by atoms with Gasteiger partial charge in [0.25, 0.3) is 0 Å². The summed E-state index contributed by atoms with van der Waals surface area (Å²) in [4.78, 5) is 4.52. The summed E-state index contributed by atoms with van der Waals surface area (Å²) in [5, 5.41) is 11.2. The summed E-state index contributed by atoms with van der Waals surface area (Å²) in [6, 6.07) is 20.1. The van der Waals surface area contributed by atoms with Gasteiger partial charge in [-0.1, -0.05) is 50.2 Å². The van der Waals surface area contributed by atoms with Crippen molar-refractivity contribution in [1.29, 1.82) is 0 Å². The second-order valence-corrected chi connectivity index (χ2v) is 9.87. The predicted molar refractivity (Wildman–Crippen MR) is 151 cm³/mol. The van der Waals surface area contributed by atoms with Crippen molar-refractivity contribution >= 4 is 5.69 Å². The maximum Gasteiger partial charge on any atom is 0.237 e. The minimum Gasteiger partial charge on any atom is -0.497 e. The Bertz CT molecular complexity index is 1260. The molecule has 0 saturated heterocycles. The summed E-state index contributed by atoms with van der Waals surface area (Å²) in [5.41, 5.74) is 3.99. The van der Waals surface area contributed by atoms with E-state index in [-0.39, 0.29) is 11.5 Å². The van der Waals surface area contributed by atoms with Gasteiger partial charge in [-0.3, -0.25) is 4.68 Å². The lowest BCUT2D eigenvalue weighted by Crippen LogP contribution is -2.43. The fourth-order valence-corrected chi connectivity index (χ4v) is 4.17. The van der Waals surface area contributed by atoms with Crippen LogP contribution in [0.25, 0.3) is 11.1 Å². The lowest BCUT2D eigenvalue weighted by Gasteiger charge is -2.30. The van der Waals surface area contributed by atoms with Crippen LogP contribution in [0.4, 0.5) is 5.69 Å². The summed E-state index contributed by atoms with van der Waals surface area (Å²) in [6.07, 6.45) is 5.63. The van der Waals surface area contributed by atoms with Crippen molar-refractivity contribution in [3.63, 3.8) is 0 Å². The van der Waals surface area contributed by atoms with E-state index >= 15 is 0 Å². The molecule has 2 aromatic carbocycles. The van der Waals surface area contributed by atoms with Crippen LogP contribution in [0.5, 0.6) is 17.4 Å². The van der Waals surface area contributed by atoms with Crippen molar-refractivity contribution < 1.29 is 14.2 Å². The number of pyridine rings is 1. The van der Waals surface area contributed by atoms with Gasteiger partial charge in [-0.05, 0) is 23.8 Å². The van der Waals surface area contributed by atoms with Crippen LogP contribution in [0.1, 0.15) is 19.4 Å². The molecule has 5 rings (SSSR count). The summed E-state index contributed by atoms with van der Waals surface area (Å²) in [5.74, 6) is 2.22. The zero-order valence-electron chi connectivity index (χ0n) is 22.8. The molecular weight excluding hydrogens is 478 g/mol. The van der Waals surface area contributed by atoms with Crippen LogP contribution < -0.4 is 24.8 Å². The largest absolute Gasteiger partial charge is 0.497 e. The zero-order valence-corrected chi connectivity index (χ0v) is 22.8. The molecule has 2 aromatic heterocycles. The summed E-state index contributed by atoms with van der Waals surface area (Å²) < 4.78 is 18.8. The molecule has 0 radical (unpaired) electrons. The molecule has 2 N–H and O–H groups in total. The fourth-order valence-electron chi connectivity index (χ4n) is 4.17. The van der Waals surface area contributed by atoms with Gasteiger partial charge >= 0.3 is 0 Å². The molecule has 0 saturated carbocycles. The van der Waals surface area contributed by atoms with Crippen LogP contribution in [-0.4, -0.2) is 54.7 Å². The van der Waals surface area contributed by atoms with E-state index < -0.39 is 0 Å². The molecule has 0 aliphatic carbocycles. The number of aryl methyl sites for hydroxylation is 1. The molecule has 8 heteroatoms. The molecule has 1 atom stereocenters. The Morgan fingerprint density at radius 2 is 1.63 bits per heavy atom. The van der Waals surface area contributed by atoms with Gasteiger partial charge in [-0.2, -0.15) is 5.10 Å². The molecule has 1 aliphatic heterocycles. The van der Waals surface area contributed by atoms with Crippen molar-refractivity contribution in [2.75, 3.05) is 39.2 Å². The number of hydrogen-bond acceptors (Lipinski definition) is 7. The van der Waals surface area contributed by atoms with Crippen molar-refractivity contribution in [2.24, 2.45) is 7.05 Å². The number of anilines is 1. The molecule has 0 spiro atoms. The molecule has 1 aliphatic rings. The number of nitrogens with zero attached hydrogens (tertiary/aromatic N) is 3. The van der Waals surface area contributed by atoms with E-state index in [4.69, 9.17) is 14.2 Å². The minimum atomic E-state index is -0.112. The predicted octanol–water partition coefficient (Wildman–Crippen LogP) is 4.93. The Hall–Kier alpha value is -4.04. The standard InChI is InChI=1S/C24H31N5O3.C6H6/c1-24(2,18-7-19(30-4)9-20(8-18)31-5)15-25-12-21-13-26-22-6-16(10-27-23(22)32-21)17-11-28-29(3)14-17;1-2-4-6-5-3-1/h6-11,14,21,25-26H,12-13,15H2,1-5H3;1-6H. The summed E-state index contributed by atoms with van der Waals surface area (Å²) in [7, 11) is 5.24. The molecule has 38 heavy (non-hydrogen) atoms. The SMILES string of the molecule is COc1cc(OC)cc(C(C)(C)CNCC2CNc3cc(-c4cnn(C)c4)cnc3O2)c1.c1ccccc1. The lowest BCUT2D eigenvalue weighted by molar-refractivity contribution is 0.191. The van der Waals surface area contributed by atoms with Crippen molar-refractivity contribution in [1.82, 2.24) is 20.1 Å². The maximum atomic E-state index is 6.12. The molecule has 0 bridgehead atoms. The first kappa shape index (κ1) is 27.0. The highest BCUT2D eigenvalue weighted by Crippen LogP contribution is 2.32. The average molecular weight is 516 g/mol. The normalized spacial score (nSPS) is 14.3. The Morgan fingerprint density at radius 1 is 0.974 bits per heavy atom. The van der Waals surface area contributed by atoms with E-state index in [9.17, 15) is 0 Å². The van der Waals surface area contributed by atoms with E-state index in [1.165, 1.54) is 0 Å². The van der Waals surface area contributed by atoms with E-state index in [1.807, 2.05) is 68.1 Å². The second-order valence-electron chi connectivity index (χ2n) is 9.87. The molecule has 8 nitrogen and oxygen atoms in total. The minimum absolute atomic E-state index is 0.00473. The van der Waals surface area contributed by atoms with E-state index in [0.29, 0.717) is 19.0 Å². The van der Waals surface area contributed by atoms with Gasteiger partial charge in [0.2, 0.25) is 5.88 Å². The topological polar surface area (TPSA) is 82.5 Å². The number of nitrogens with one attached hydrogen (secondary N) is 2. The number of hydrogen-bond donors (Lipinski definition) is 2. The zero-order chi connectivity index (χ0) is 27.0. The van der Waals surface area contributed by atoms with E-state index in [1.54, 1.807) is 18.9 Å². The van der Waals surface area contributed by atoms with Crippen molar-refractivity contribution in [2.45, 2.75) is 25.4 Å². The van der Waals surface area contributed by atoms with Crippen LogP contribution in [0.15, 0.2) is 79.3 Å². The van der Waals surface area contributed by atoms with Gasteiger partial charge < -0.3 is 24.8 Å². The molecule has 3 heterocycles. The summed E-state index contributed by atoms with van der Waals surface area (Å²) in [6.45, 7) is 6.61. The molecule has 200 valence electrons. The first-order valence-electron chi connectivity index (χ1n) is 12.7. The van der Waals surface area contributed by atoms with Gasteiger partial charge in [0.1, 0.15) is 17.6 Å². The number of ether oxygens (including phenoxy) is 3. The monoisotopic (exact) mass is 515 g/mol. The summed E-state index contributed by atoms with van der Waals surface area (Å²) >= 11 is 0. The van der Waals surface area contributed by atoms with Crippen LogP contribution >= 0.6 is 0 Å². The smallest absolute Gasteiger partial charge is 0.237 e. The molecule has 0 fully saturated rings. The first-order chi connectivity index (χ1) is 18.4. The Kier molecular flexibility index (Phi) is 8.86. The van der Waals surface area contributed by atoms with Gasteiger partial charge in [0, 0.05) is 55.1 Å². The van der Waals surface area contributed by atoms with Crippen LogP contribution in [0.2, 0.25) is 0 Å². The first-order valence-corrected chi connectivity index (χ1v) is 12.7. The number of benzene rings is 2. The third kappa shape index (κ3) is 7.04. The second kappa shape index (κ2) is 12.5. The van der Waals surface area contributed by atoms with Crippen molar-refractivity contribution in [3.8, 4) is 28.5 Å². The molecule has 0 amide bonds. The number of fused-ring (bicyclic) bond motifs is 1. The quantitative estimate of drug-likeness (QED) is 0.344. The highest BCUT2D eigenvalue weighted by Gasteiger charge is 2.25. The van der Waals surface area contributed by atoms with Gasteiger partial charge in [0.05, 0.1) is 32.6 Å². The Morgan fingerprint density at radius 3 is 2.21 bits per heavy atom. The van der Waals surface area contributed by atoms with Gasteiger partial charge in [-0.15, -0.1) is 0 Å². The third-order valence-corrected chi connectivity index (χ3v) is 6.43. The molecular formula is C30H37N5O3. The Labute approximate surface area is 225 Å². The maximum absolute atomic E-state index is 6.12. The van der Waals surface area contributed by atoms with Crippen LogP contribution in [-0.2, 0) is 12.5 Å². The average Bonchev–Trinajstić information content (AvgIpc) is 3.39. The molecule has 1 unspecified atom stereocenters. The highest BCUT2D eigenvalue weighted by atomic mass is 16.5. The Balaban J connectivity index is 0.000000494.